The molecule has 0 radical (unpaired) electrons. The molecular formula is C19H14F3N3O2. The van der Waals surface area contributed by atoms with Crippen LogP contribution in [0.4, 0.5) is 19.0 Å². The lowest BCUT2D eigenvalue weighted by Gasteiger charge is -2.19. The lowest BCUT2D eigenvalue weighted by Crippen LogP contribution is -2.32. The molecule has 1 aromatic heterocycles. The van der Waals surface area contributed by atoms with E-state index in [1.165, 1.54) is 4.90 Å². The maximum Gasteiger partial charge on any atom is 0.356 e. The van der Waals surface area contributed by atoms with Crippen molar-refractivity contribution in [3.05, 3.63) is 93.8 Å². The molecule has 0 fully saturated rings. The molecule has 3 aromatic rings. The molecule has 138 valence electrons. The van der Waals surface area contributed by atoms with E-state index in [0.29, 0.717) is 23.4 Å². The number of aromatic nitrogens is 2. The highest BCUT2D eigenvalue weighted by Gasteiger charge is 2.18. The minimum atomic E-state index is -1.25. The molecule has 0 aliphatic rings. The summed E-state index contributed by atoms with van der Waals surface area (Å²) in [7, 11) is 1.55. The number of carbonyl (C=O) groups is 1. The number of hydrogen-bond acceptors (Lipinski definition) is 4. The fraction of sp³-hybridized carbons (Fsp3) is 0.105. The molecule has 0 saturated heterocycles. The van der Waals surface area contributed by atoms with Gasteiger partial charge in [-0.2, -0.15) is 4.98 Å². The lowest BCUT2D eigenvalue weighted by molar-refractivity contribution is 0.0952. The third kappa shape index (κ3) is 3.89. The van der Waals surface area contributed by atoms with E-state index < -0.39 is 29.0 Å². The second-order valence-electron chi connectivity index (χ2n) is 5.84. The molecule has 5 nitrogen and oxygen atoms in total. The van der Waals surface area contributed by atoms with Crippen molar-refractivity contribution in [3.8, 4) is 0 Å². The molecule has 2 aromatic carbocycles. The minimum absolute atomic E-state index is 0.224. The Morgan fingerprint density at radius 3 is 2.41 bits per heavy atom. The van der Waals surface area contributed by atoms with E-state index in [9.17, 15) is 22.8 Å². The van der Waals surface area contributed by atoms with Gasteiger partial charge in [-0.05, 0) is 23.8 Å². The Hall–Kier alpha value is -3.42. The smallest absolute Gasteiger partial charge is 0.353 e. The van der Waals surface area contributed by atoms with Crippen LogP contribution in [0.25, 0.3) is 0 Å². The van der Waals surface area contributed by atoms with Crippen molar-refractivity contribution >= 4 is 11.7 Å². The summed E-state index contributed by atoms with van der Waals surface area (Å²) in [5.41, 5.74) is -0.452. The Bertz CT molecular complexity index is 1050. The number of carbonyl (C=O) groups excluding carboxylic acids is 1. The van der Waals surface area contributed by atoms with Crippen molar-refractivity contribution in [2.45, 2.75) is 6.54 Å². The summed E-state index contributed by atoms with van der Waals surface area (Å²) in [5.74, 6) is -4.52. The first-order valence-corrected chi connectivity index (χ1v) is 7.91. The second-order valence-corrected chi connectivity index (χ2v) is 5.84. The summed E-state index contributed by atoms with van der Waals surface area (Å²) in [5, 5.41) is 0. The molecule has 0 saturated carbocycles. The van der Waals surface area contributed by atoms with Gasteiger partial charge in [0, 0.05) is 19.2 Å². The van der Waals surface area contributed by atoms with E-state index in [4.69, 9.17) is 0 Å². The van der Waals surface area contributed by atoms with Gasteiger partial charge in [-0.25, -0.2) is 22.5 Å². The third-order valence-corrected chi connectivity index (χ3v) is 3.87. The van der Waals surface area contributed by atoms with Crippen molar-refractivity contribution < 1.29 is 18.0 Å². The van der Waals surface area contributed by atoms with Crippen LogP contribution in [0.2, 0.25) is 0 Å². The van der Waals surface area contributed by atoms with Gasteiger partial charge in [0.05, 0.1) is 6.20 Å². The quantitative estimate of drug-likeness (QED) is 0.706. The van der Waals surface area contributed by atoms with Crippen LogP contribution in [0.1, 0.15) is 15.9 Å². The van der Waals surface area contributed by atoms with Crippen LogP contribution in [0.15, 0.2) is 59.5 Å². The van der Waals surface area contributed by atoms with Crippen LogP contribution in [0, 0.1) is 17.5 Å². The molecule has 0 aliphatic heterocycles. The largest absolute Gasteiger partial charge is 0.356 e. The highest BCUT2D eigenvalue weighted by Crippen LogP contribution is 2.16. The van der Waals surface area contributed by atoms with Crippen molar-refractivity contribution in [1.29, 1.82) is 0 Å². The van der Waals surface area contributed by atoms with Crippen LogP contribution in [-0.4, -0.2) is 22.5 Å². The van der Waals surface area contributed by atoms with Gasteiger partial charge in [0.1, 0.15) is 0 Å². The summed E-state index contributed by atoms with van der Waals surface area (Å²) in [6.45, 7) is 0.297. The molecule has 1 heterocycles. The Balaban J connectivity index is 1.91. The lowest BCUT2D eigenvalue weighted by atomic mass is 10.2. The highest BCUT2D eigenvalue weighted by atomic mass is 19.2. The zero-order chi connectivity index (χ0) is 19.6. The van der Waals surface area contributed by atoms with Gasteiger partial charge in [-0.1, -0.05) is 30.3 Å². The van der Waals surface area contributed by atoms with E-state index in [1.807, 2.05) is 30.3 Å². The number of benzene rings is 2. The average Bonchev–Trinajstić information content (AvgIpc) is 2.65. The van der Waals surface area contributed by atoms with E-state index in [2.05, 4.69) is 4.98 Å². The van der Waals surface area contributed by atoms with Crippen molar-refractivity contribution in [2.24, 2.45) is 0 Å². The molecule has 0 amide bonds. The number of nitrogens with zero attached hydrogens (tertiary/aromatic N) is 3. The number of halogens is 3. The molecule has 27 heavy (non-hydrogen) atoms. The summed E-state index contributed by atoms with van der Waals surface area (Å²) in [6.07, 6.45) is 0.690. The van der Waals surface area contributed by atoms with Gasteiger partial charge < -0.3 is 4.90 Å². The van der Waals surface area contributed by atoms with Crippen molar-refractivity contribution in [2.75, 3.05) is 11.9 Å². The predicted octanol–water partition coefficient (Wildman–Crippen LogP) is 2.99. The minimum Gasteiger partial charge on any atom is -0.353 e. The van der Waals surface area contributed by atoms with E-state index in [1.54, 1.807) is 7.05 Å². The van der Waals surface area contributed by atoms with Crippen LogP contribution in [0.3, 0.4) is 0 Å². The first-order chi connectivity index (χ1) is 12.9. The molecule has 8 heteroatoms. The van der Waals surface area contributed by atoms with Gasteiger partial charge in [0.25, 0.3) is 5.91 Å². The predicted molar refractivity (Wildman–Crippen MR) is 93.1 cm³/mol. The van der Waals surface area contributed by atoms with E-state index in [0.717, 1.165) is 17.7 Å². The molecule has 0 aliphatic carbocycles. The second kappa shape index (κ2) is 7.45. The van der Waals surface area contributed by atoms with Gasteiger partial charge in [0.2, 0.25) is 0 Å². The number of rotatable bonds is 4. The molecule has 3 rings (SSSR count). The normalized spacial score (nSPS) is 10.7. The van der Waals surface area contributed by atoms with Gasteiger partial charge >= 0.3 is 5.69 Å². The number of hydrogen-bond donors (Lipinski definition) is 0. The zero-order valence-corrected chi connectivity index (χ0v) is 14.2. The topological polar surface area (TPSA) is 55.2 Å². The summed E-state index contributed by atoms with van der Waals surface area (Å²) < 4.78 is 41.2. The Morgan fingerprint density at radius 2 is 1.74 bits per heavy atom. The van der Waals surface area contributed by atoms with E-state index in [-0.39, 0.29) is 11.4 Å². The van der Waals surface area contributed by atoms with Crippen LogP contribution in [-0.2, 0) is 6.54 Å². The standard InChI is InChI=1S/C19H14F3N3O2/c1-24(10-12-5-3-2-4-6-12)17-16(22)11-25(19(27)23-17)18(26)13-7-8-14(20)15(21)9-13/h2-9,11H,10H2,1H3. The summed E-state index contributed by atoms with van der Waals surface area (Å²) >= 11 is 0. The van der Waals surface area contributed by atoms with Crippen molar-refractivity contribution in [1.82, 2.24) is 9.55 Å². The maximum atomic E-state index is 14.5. The highest BCUT2D eigenvalue weighted by molar-refractivity contribution is 5.95. The molecular weight excluding hydrogens is 359 g/mol. The Kier molecular flexibility index (Phi) is 5.07. The SMILES string of the molecule is CN(Cc1ccccc1)c1nc(=O)n(C(=O)c2ccc(F)c(F)c2)cc1F. The van der Waals surface area contributed by atoms with Gasteiger partial charge in [0.15, 0.2) is 23.3 Å². The van der Waals surface area contributed by atoms with Crippen LogP contribution >= 0.6 is 0 Å². The molecule has 0 unspecified atom stereocenters. The number of anilines is 1. The molecule has 0 spiro atoms. The molecule has 0 atom stereocenters. The third-order valence-electron chi connectivity index (χ3n) is 3.87. The Labute approximate surface area is 152 Å². The monoisotopic (exact) mass is 373 g/mol. The van der Waals surface area contributed by atoms with Crippen LogP contribution < -0.4 is 10.6 Å². The summed E-state index contributed by atoms with van der Waals surface area (Å²) in [6, 6.07) is 11.5. The first kappa shape index (κ1) is 18.4. The van der Waals surface area contributed by atoms with Crippen LogP contribution in [0.5, 0.6) is 0 Å². The maximum absolute atomic E-state index is 14.5. The van der Waals surface area contributed by atoms with E-state index >= 15 is 0 Å². The fourth-order valence-electron chi connectivity index (χ4n) is 2.54. The average molecular weight is 373 g/mol. The summed E-state index contributed by atoms with van der Waals surface area (Å²) in [4.78, 5) is 29.5. The fourth-order valence-corrected chi connectivity index (χ4v) is 2.54. The zero-order valence-electron chi connectivity index (χ0n) is 14.2. The Morgan fingerprint density at radius 1 is 1.04 bits per heavy atom. The van der Waals surface area contributed by atoms with Gasteiger partial charge in [-0.15, -0.1) is 0 Å². The van der Waals surface area contributed by atoms with Gasteiger partial charge in [-0.3, -0.25) is 4.79 Å². The van der Waals surface area contributed by atoms with Crippen molar-refractivity contribution in [3.63, 3.8) is 0 Å². The first-order valence-electron chi connectivity index (χ1n) is 7.91. The molecule has 0 bridgehead atoms. The molecule has 0 N–H and O–H groups in total.